The van der Waals surface area contributed by atoms with Crippen LogP contribution in [0.1, 0.15) is 37.7 Å². The zero-order chi connectivity index (χ0) is 18.9. The summed E-state index contributed by atoms with van der Waals surface area (Å²) in [6.45, 7) is 0. The third kappa shape index (κ3) is 3.33. The van der Waals surface area contributed by atoms with E-state index in [9.17, 15) is 9.90 Å². The lowest BCUT2D eigenvalue weighted by Gasteiger charge is -2.33. The molecule has 27 heavy (non-hydrogen) atoms. The van der Waals surface area contributed by atoms with E-state index in [0.29, 0.717) is 18.4 Å². The lowest BCUT2D eigenvalue weighted by molar-refractivity contribution is -0.140. The highest BCUT2D eigenvalue weighted by Gasteiger charge is 2.41. The number of carboxylic acid groups (broad SMARTS) is 1. The Bertz CT molecular complexity index is 1030. The summed E-state index contributed by atoms with van der Waals surface area (Å²) < 4.78 is 4.62. The first-order valence-electron chi connectivity index (χ1n) is 8.93. The number of benzene rings is 2. The smallest absolute Gasteiger partial charge is 0.320 e. The molecular formula is C21H18N2O2S2. The molecule has 1 aliphatic carbocycles. The first kappa shape index (κ1) is 18.0. The number of fused-ring (bicyclic) bond motifs is 1. The minimum atomic E-state index is -0.766. The van der Waals surface area contributed by atoms with E-state index in [1.165, 1.54) is 23.3 Å². The summed E-state index contributed by atoms with van der Waals surface area (Å²) in [7, 11) is 0. The SMILES string of the molecule is N#Cc1ccc(-c2c(SC3(C(=O)O)CCCCC3)ccc3cnsc23)cc1. The zero-order valence-corrected chi connectivity index (χ0v) is 16.3. The van der Waals surface area contributed by atoms with Crippen molar-refractivity contribution in [3.8, 4) is 17.2 Å². The Morgan fingerprint density at radius 1 is 1.15 bits per heavy atom. The average Bonchev–Trinajstić information content (AvgIpc) is 3.17. The van der Waals surface area contributed by atoms with E-state index in [2.05, 4.69) is 10.4 Å². The summed E-state index contributed by atoms with van der Waals surface area (Å²) in [4.78, 5) is 13.1. The fourth-order valence-corrected chi connectivity index (χ4v) is 6.02. The first-order chi connectivity index (χ1) is 13.1. The van der Waals surface area contributed by atoms with Crippen LogP contribution in [0.5, 0.6) is 0 Å². The van der Waals surface area contributed by atoms with Crippen molar-refractivity contribution < 1.29 is 9.90 Å². The van der Waals surface area contributed by atoms with E-state index in [4.69, 9.17) is 5.26 Å². The van der Waals surface area contributed by atoms with Crippen LogP contribution in [-0.4, -0.2) is 20.2 Å². The second-order valence-corrected chi connectivity index (χ2v) is 9.06. The van der Waals surface area contributed by atoms with Crippen LogP contribution in [0.3, 0.4) is 0 Å². The van der Waals surface area contributed by atoms with Crippen molar-refractivity contribution in [3.05, 3.63) is 48.2 Å². The van der Waals surface area contributed by atoms with Gasteiger partial charge in [0.2, 0.25) is 0 Å². The lowest BCUT2D eigenvalue weighted by Crippen LogP contribution is -2.37. The van der Waals surface area contributed by atoms with Gasteiger partial charge in [0, 0.05) is 22.0 Å². The van der Waals surface area contributed by atoms with Gasteiger partial charge in [0.15, 0.2) is 0 Å². The van der Waals surface area contributed by atoms with E-state index in [0.717, 1.165) is 45.4 Å². The first-order valence-corrected chi connectivity index (χ1v) is 10.5. The lowest BCUT2D eigenvalue weighted by atomic mass is 9.88. The maximum absolute atomic E-state index is 12.2. The van der Waals surface area contributed by atoms with Gasteiger partial charge in [0.1, 0.15) is 4.75 Å². The largest absolute Gasteiger partial charge is 0.480 e. The number of hydrogen-bond donors (Lipinski definition) is 1. The van der Waals surface area contributed by atoms with Gasteiger partial charge in [-0.1, -0.05) is 37.5 Å². The topological polar surface area (TPSA) is 74.0 Å². The van der Waals surface area contributed by atoms with Crippen molar-refractivity contribution in [1.82, 2.24) is 4.37 Å². The second kappa shape index (κ2) is 7.34. The van der Waals surface area contributed by atoms with Gasteiger partial charge in [0.05, 0.1) is 16.3 Å². The average molecular weight is 395 g/mol. The molecule has 1 aliphatic rings. The Morgan fingerprint density at radius 3 is 2.56 bits per heavy atom. The fraction of sp³-hybridized carbons (Fsp3) is 0.286. The van der Waals surface area contributed by atoms with E-state index < -0.39 is 10.7 Å². The molecule has 6 heteroatoms. The van der Waals surface area contributed by atoms with Crippen LogP contribution in [0.2, 0.25) is 0 Å². The van der Waals surface area contributed by atoms with Crippen LogP contribution in [0.25, 0.3) is 21.2 Å². The Morgan fingerprint density at radius 2 is 1.89 bits per heavy atom. The van der Waals surface area contributed by atoms with Crippen LogP contribution < -0.4 is 0 Å². The molecule has 0 saturated heterocycles. The number of aliphatic carboxylic acids is 1. The van der Waals surface area contributed by atoms with Crippen molar-refractivity contribution in [3.63, 3.8) is 0 Å². The molecule has 0 radical (unpaired) electrons. The van der Waals surface area contributed by atoms with Gasteiger partial charge in [-0.3, -0.25) is 4.79 Å². The zero-order valence-electron chi connectivity index (χ0n) is 14.6. The summed E-state index contributed by atoms with van der Waals surface area (Å²) in [5.41, 5.74) is 2.62. The molecule has 1 heterocycles. The molecule has 0 amide bonds. The molecule has 1 N–H and O–H groups in total. The molecule has 3 aromatic rings. The quantitative estimate of drug-likeness (QED) is 0.613. The maximum atomic E-state index is 12.2. The number of aromatic nitrogens is 1. The molecule has 136 valence electrons. The number of thioether (sulfide) groups is 1. The van der Waals surface area contributed by atoms with Crippen LogP contribution in [0.4, 0.5) is 0 Å². The second-order valence-electron chi connectivity index (χ2n) is 6.83. The molecule has 0 unspecified atom stereocenters. The van der Waals surface area contributed by atoms with Crippen molar-refractivity contribution in [2.24, 2.45) is 0 Å². The molecule has 1 saturated carbocycles. The van der Waals surface area contributed by atoms with E-state index in [1.807, 2.05) is 30.5 Å². The van der Waals surface area contributed by atoms with Crippen molar-refractivity contribution in [2.75, 3.05) is 0 Å². The standard InChI is InChI=1S/C21H18N2O2S2/c22-12-14-4-6-15(7-5-14)18-17(9-8-16-13-23-27-19(16)18)26-21(20(24)25)10-2-1-3-11-21/h4-9,13H,1-3,10-11H2,(H,24,25). The van der Waals surface area contributed by atoms with Crippen LogP contribution in [0, 0.1) is 11.3 Å². The van der Waals surface area contributed by atoms with Crippen LogP contribution in [0.15, 0.2) is 47.5 Å². The van der Waals surface area contributed by atoms with Gasteiger partial charge in [0.25, 0.3) is 0 Å². The third-order valence-corrected chi connectivity index (χ3v) is 7.51. The normalized spacial score (nSPS) is 16.1. The summed E-state index contributed by atoms with van der Waals surface area (Å²) in [6, 6.07) is 13.7. The van der Waals surface area contributed by atoms with Gasteiger partial charge in [-0.15, -0.1) is 11.8 Å². The number of carboxylic acids is 1. The van der Waals surface area contributed by atoms with Crippen molar-refractivity contribution >= 4 is 39.3 Å². The minimum Gasteiger partial charge on any atom is -0.480 e. The number of nitrogens with zero attached hydrogens (tertiary/aromatic N) is 2. The highest BCUT2D eigenvalue weighted by Crippen LogP contribution is 2.49. The van der Waals surface area contributed by atoms with E-state index in [-0.39, 0.29) is 0 Å². The molecule has 1 fully saturated rings. The Balaban J connectivity index is 1.85. The molecule has 0 bridgehead atoms. The predicted octanol–water partition coefficient (Wildman–Crippen LogP) is 5.71. The maximum Gasteiger partial charge on any atom is 0.320 e. The molecule has 0 atom stereocenters. The van der Waals surface area contributed by atoms with Gasteiger partial charge < -0.3 is 5.11 Å². The third-order valence-electron chi connectivity index (χ3n) is 5.14. The molecule has 0 aliphatic heterocycles. The fourth-order valence-electron chi connectivity index (χ4n) is 3.68. The van der Waals surface area contributed by atoms with Gasteiger partial charge in [-0.05, 0) is 48.1 Å². The molecule has 2 aromatic carbocycles. The molecule has 4 nitrogen and oxygen atoms in total. The van der Waals surface area contributed by atoms with E-state index >= 15 is 0 Å². The molecule has 4 rings (SSSR count). The van der Waals surface area contributed by atoms with Crippen molar-refractivity contribution in [2.45, 2.75) is 41.7 Å². The minimum absolute atomic E-state index is 0.610. The number of carbonyl (C=O) groups is 1. The number of hydrogen-bond acceptors (Lipinski definition) is 5. The summed E-state index contributed by atoms with van der Waals surface area (Å²) in [5.74, 6) is -0.720. The number of rotatable bonds is 4. The summed E-state index contributed by atoms with van der Waals surface area (Å²) >= 11 is 2.91. The van der Waals surface area contributed by atoms with E-state index in [1.54, 1.807) is 12.1 Å². The summed E-state index contributed by atoms with van der Waals surface area (Å²) in [5, 5.41) is 20.1. The van der Waals surface area contributed by atoms with Gasteiger partial charge in [-0.2, -0.15) is 9.64 Å². The molecule has 1 aromatic heterocycles. The molecular weight excluding hydrogens is 376 g/mol. The van der Waals surface area contributed by atoms with Gasteiger partial charge in [-0.25, -0.2) is 0 Å². The highest BCUT2D eigenvalue weighted by molar-refractivity contribution is 8.01. The monoisotopic (exact) mass is 394 g/mol. The highest BCUT2D eigenvalue weighted by atomic mass is 32.2. The van der Waals surface area contributed by atoms with Gasteiger partial charge >= 0.3 is 5.97 Å². The van der Waals surface area contributed by atoms with Crippen LogP contribution >= 0.6 is 23.3 Å². The predicted molar refractivity (Wildman–Crippen MR) is 109 cm³/mol. The molecule has 0 spiro atoms. The van der Waals surface area contributed by atoms with Crippen molar-refractivity contribution in [1.29, 1.82) is 5.26 Å². The van der Waals surface area contributed by atoms with Crippen LogP contribution in [-0.2, 0) is 4.79 Å². The number of nitriles is 1. The Kier molecular flexibility index (Phi) is 4.90. The summed E-state index contributed by atoms with van der Waals surface area (Å²) in [6.07, 6.45) is 6.24. The Hall–Kier alpha value is -2.36. The Labute approximate surface area is 166 Å².